The summed E-state index contributed by atoms with van der Waals surface area (Å²) in [7, 11) is 3.06. The monoisotopic (exact) mass is 416 g/mol. The molecule has 0 bridgehead atoms. The van der Waals surface area contributed by atoms with Gasteiger partial charge in [-0.05, 0) is 54.4 Å². The molecule has 1 aromatic heterocycles. The largest absolute Gasteiger partial charge is 0.493 e. The van der Waals surface area contributed by atoms with Crippen LogP contribution in [-0.4, -0.2) is 26.0 Å². The fraction of sp³-hybridized carbons (Fsp3) is 0.455. The van der Waals surface area contributed by atoms with Gasteiger partial charge in [-0.15, -0.1) is 11.3 Å². The number of amides is 2. The molecule has 0 unspecified atom stereocenters. The molecule has 3 N–H and O–H groups in total. The van der Waals surface area contributed by atoms with Gasteiger partial charge in [0.1, 0.15) is 5.00 Å². The number of benzene rings is 1. The van der Waals surface area contributed by atoms with Crippen molar-refractivity contribution in [3.8, 4) is 11.5 Å². The summed E-state index contributed by atoms with van der Waals surface area (Å²) in [4.78, 5) is 26.2. The zero-order valence-electron chi connectivity index (χ0n) is 17.5. The molecule has 0 saturated carbocycles. The average molecular weight is 417 g/mol. The summed E-state index contributed by atoms with van der Waals surface area (Å²) in [6, 6.07) is 4.95. The van der Waals surface area contributed by atoms with Crippen molar-refractivity contribution in [3.63, 3.8) is 0 Å². The van der Waals surface area contributed by atoms with Crippen molar-refractivity contribution in [1.82, 2.24) is 0 Å². The number of ether oxygens (including phenoxy) is 2. The zero-order valence-corrected chi connectivity index (χ0v) is 18.4. The molecule has 156 valence electrons. The Labute approximate surface area is 175 Å². The standard InChI is InChI=1S/C22H28N2O4S/c1-22(2,3)13-7-8-14-17(11-13)29-21(18(14)19(23)25)24-20(26)12-6-9-15(27-4)16(10-12)28-5/h6,9-10,13H,7-8,11H2,1-5H3,(H2,23,25)(H,24,26)/t13-/m0/s1. The summed E-state index contributed by atoms with van der Waals surface area (Å²) < 4.78 is 10.5. The van der Waals surface area contributed by atoms with Gasteiger partial charge in [0.15, 0.2) is 11.5 Å². The van der Waals surface area contributed by atoms with Crippen LogP contribution >= 0.6 is 11.3 Å². The van der Waals surface area contributed by atoms with Crippen LogP contribution < -0.4 is 20.5 Å². The van der Waals surface area contributed by atoms with Gasteiger partial charge in [-0.25, -0.2) is 0 Å². The van der Waals surface area contributed by atoms with Crippen molar-refractivity contribution in [2.75, 3.05) is 19.5 Å². The first-order chi connectivity index (χ1) is 13.7. The third-order valence-electron chi connectivity index (χ3n) is 5.61. The van der Waals surface area contributed by atoms with Crippen LogP contribution in [0.15, 0.2) is 18.2 Å². The minimum Gasteiger partial charge on any atom is -0.493 e. The van der Waals surface area contributed by atoms with Crippen LogP contribution in [-0.2, 0) is 12.8 Å². The number of hydrogen-bond donors (Lipinski definition) is 2. The highest BCUT2D eigenvalue weighted by atomic mass is 32.1. The second kappa shape index (κ2) is 8.06. The molecule has 1 atom stereocenters. The van der Waals surface area contributed by atoms with Gasteiger partial charge in [0.05, 0.1) is 19.8 Å². The lowest BCUT2D eigenvalue weighted by Gasteiger charge is -2.33. The first kappa shape index (κ1) is 21.2. The fourth-order valence-electron chi connectivity index (χ4n) is 3.83. The van der Waals surface area contributed by atoms with Gasteiger partial charge in [-0.3, -0.25) is 9.59 Å². The van der Waals surface area contributed by atoms with Crippen molar-refractivity contribution in [1.29, 1.82) is 0 Å². The SMILES string of the molecule is COc1ccc(C(=O)Nc2sc3c(c2C(N)=O)CC[C@H](C(C)(C)C)C3)cc1OC. The molecule has 0 radical (unpaired) electrons. The molecule has 1 heterocycles. The molecular weight excluding hydrogens is 388 g/mol. The second-order valence-electron chi connectivity index (χ2n) is 8.40. The number of nitrogens with two attached hydrogens (primary N) is 1. The Morgan fingerprint density at radius 1 is 1.17 bits per heavy atom. The van der Waals surface area contributed by atoms with Crippen molar-refractivity contribution in [2.45, 2.75) is 40.0 Å². The molecule has 1 aliphatic rings. The van der Waals surface area contributed by atoms with E-state index in [1.54, 1.807) is 18.2 Å². The van der Waals surface area contributed by atoms with E-state index in [-0.39, 0.29) is 11.3 Å². The Bertz CT molecular complexity index is 943. The highest BCUT2D eigenvalue weighted by molar-refractivity contribution is 7.17. The first-order valence-corrected chi connectivity index (χ1v) is 10.4. The summed E-state index contributed by atoms with van der Waals surface area (Å²) in [6.07, 6.45) is 2.71. The number of carbonyl (C=O) groups is 2. The van der Waals surface area contributed by atoms with Crippen LogP contribution in [0.2, 0.25) is 0 Å². The van der Waals surface area contributed by atoms with Crippen molar-refractivity contribution >= 4 is 28.2 Å². The van der Waals surface area contributed by atoms with E-state index in [0.29, 0.717) is 33.5 Å². The third-order valence-corrected chi connectivity index (χ3v) is 6.78. The van der Waals surface area contributed by atoms with Gasteiger partial charge in [0.2, 0.25) is 0 Å². The molecule has 7 heteroatoms. The number of hydrogen-bond acceptors (Lipinski definition) is 5. The third kappa shape index (κ3) is 4.24. The number of nitrogens with one attached hydrogen (secondary N) is 1. The predicted molar refractivity (Wildman–Crippen MR) is 115 cm³/mol. The summed E-state index contributed by atoms with van der Waals surface area (Å²) in [5.41, 5.74) is 7.73. The Morgan fingerprint density at radius 2 is 1.86 bits per heavy atom. The highest BCUT2D eigenvalue weighted by Gasteiger charge is 2.33. The van der Waals surface area contributed by atoms with Gasteiger partial charge >= 0.3 is 0 Å². The van der Waals surface area contributed by atoms with E-state index in [0.717, 1.165) is 29.7 Å². The van der Waals surface area contributed by atoms with Crippen LogP contribution in [0.25, 0.3) is 0 Å². The summed E-state index contributed by atoms with van der Waals surface area (Å²) in [6.45, 7) is 6.72. The van der Waals surface area contributed by atoms with E-state index in [4.69, 9.17) is 15.2 Å². The molecular formula is C22H28N2O4S. The fourth-order valence-corrected chi connectivity index (χ4v) is 5.15. The van der Waals surface area contributed by atoms with Gasteiger partial charge in [0.25, 0.3) is 11.8 Å². The lowest BCUT2D eigenvalue weighted by Crippen LogP contribution is -2.27. The van der Waals surface area contributed by atoms with E-state index in [1.807, 2.05) is 0 Å². The van der Waals surface area contributed by atoms with Crippen LogP contribution in [0.3, 0.4) is 0 Å². The van der Waals surface area contributed by atoms with Gasteiger partial charge in [0, 0.05) is 10.4 Å². The molecule has 1 aliphatic carbocycles. The zero-order chi connectivity index (χ0) is 21.3. The molecule has 0 saturated heterocycles. The molecule has 2 aromatic rings. The van der Waals surface area contributed by atoms with Crippen LogP contribution in [0, 0.1) is 11.3 Å². The van der Waals surface area contributed by atoms with E-state index in [9.17, 15) is 9.59 Å². The van der Waals surface area contributed by atoms with Crippen LogP contribution in [0.5, 0.6) is 11.5 Å². The van der Waals surface area contributed by atoms with E-state index in [1.165, 1.54) is 25.6 Å². The molecule has 2 amide bonds. The number of anilines is 1. The topological polar surface area (TPSA) is 90.6 Å². The van der Waals surface area contributed by atoms with E-state index in [2.05, 4.69) is 26.1 Å². The Morgan fingerprint density at radius 3 is 2.45 bits per heavy atom. The predicted octanol–water partition coefficient (Wildman–Crippen LogP) is 4.27. The first-order valence-electron chi connectivity index (χ1n) is 9.63. The van der Waals surface area contributed by atoms with Gasteiger partial charge in [-0.2, -0.15) is 0 Å². The number of thiophene rings is 1. The smallest absolute Gasteiger partial charge is 0.256 e. The summed E-state index contributed by atoms with van der Waals surface area (Å²) >= 11 is 1.46. The molecule has 0 spiro atoms. The van der Waals surface area contributed by atoms with Crippen LogP contribution in [0.1, 0.15) is 58.3 Å². The van der Waals surface area contributed by atoms with E-state index < -0.39 is 5.91 Å². The van der Waals surface area contributed by atoms with E-state index >= 15 is 0 Å². The number of primary amides is 1. The van der Waals surface area contributed by atoms with Gasteiger partial charge in [-0.1, -0.05) is 20.8 Å². The normalized spacial score (nSPS) is 16.1. The number of carbonyl (C=O) groups excluding carboxylic acids is 2. The maximum absolute atomic E-state index is 12.8. The number of methoxy groups -OCH3 is 2. The van der Waals surface area contributed by atoms with Crippen LogP contribution in [0.4, 0.5) is 5.00 Å². The Kier molecular flexibility index (Phi) is 5.89. The summed E-state index contributed by atoms with van der Waals surface area (Å²) in [5, 5.41) is 3.41. The molecule has 6 nitrogen and oxygen atoms in total. The minimum atomic E-state index is -0.501. The Balaban J connectivity index is 1.91. The molecule has 0 aliphatic heterocycles. The minimum absolute atomic E-state index is 0.192. The molecule has 1 aromatic carbocycles. The number of rotatable bonds is 5. The average Bonchev–Trinajstić information content (AvgIpc) is 3.03. The van der Waals surface area contributed by atoms with Crippen molar-refractivity contribution < 1.29 is 19.1 Å². The Hall–Kier alpha value is -2.54. The van der Waals surface area contributed by atoms with Crippen molar-refractivity contribution in [3.05, 3.63) is 39.8 Å². The van der Waals surface area contributed by atoms with Gasteiger partial charge < -0.3 is 20.5 Å². The second-order valence-corrected chi connectivity index (χ2v) is 9.51. The molecule has 29 heavy (non-hydrogen) atoms. The maximum atomic E-state index is 12.8. The lowest BCUT2D eigenvalue weighted by atomic mass is 9.72. The number of fused-ring (bicyclic) bond motifs is 1. The quantitative estimate of drug-likeness (QED) is 0.762. The maximum Gasteiger partial charge on any atom is 0.256 e. The summed E-state index contributed by atoms with van der Waals surface area (Å²) in [5.74, 6) is 0.720. The molecule has 0 fully saturated rings. The highest BCUT2D eigenvalue weighted by Crippen LogP contribution is 2.44. The van der Waals surface area contributed by atoms with Crippen molar-refractivity contribution in [2.24, 2.45) is 17.1 Å². The lowest BCUT2D eigenvalue weighted by molar-refractivity contribution is 0.1000. The molecule has 3 rings (SSSR count).